The molecule has 2 atom stereocenters. The van der Waals surface area contributed by atoms with Gasteiger partial charge < -0.3 is 9.47 Å². The number of hydrogen-bond donors (Lipinski definition) is 0. The van der Waals surface area contributed by atoms with Crippen molar-refractivity contribution in [1.29, 1.82) is 0 Å². The Hall–Kier alpha value is -1.32. The third kappa shape index (κ3) is 3.20. The first-order chi connectivity index (χ1) is 6.61. The van der Waals surface area contributed by atoms with Gasteiger partial charge in [0.05, 0.1) is 13.5 Å². The Morgan fingerprint density at radius 1 is 1.43 bits per heavy atom. The molecule has 1 aliphatic rings. The van der Waals surface area contributed by atoms with Crippen molar-refractivity contribution in [1.82, 2.24) is 0 Å². The fourth-order valence-electron chi connectivity index (χ4n) is 1.49. The van der Waals surface area contributed by atoms with E-state index < -0.39 is 0 Å². The predicted molar refractivity (Wildman–Crippen MR) is 49.4 cm³/mol. The summed E-state index contributed by atoms with van der Waals surface area (Å²) in [6.07, 6.45) is 4.56. The average Bonchev–Trinajstić information content (AvgIpc) is 2.51. The van der Waals surface area contributed by atoms with Gasteiger partial charge in [-0.3, -0.25) is 9.59 Å². The second-order valence-electron chi connectivity index (χ2n) is 3.31. The van der Waals surface area contributed by atoms with E-state index in [-0.39, 0.29) is 24.0 Å². The van der Waals surface area contributed by atoms with Crippen LogP contribution in [0.2, 0.25) is 0 Å². The summed E-state index contributed by atoms with van der Waals surface area (Å²) in [7, 11) is 1.37. The van der Waals surface area contributed by atoms with E-state index >= 15 is 0 Å². The number of esters is 2. The van der Waals surface area contributed by atoms with Crippen LogP contribution in [0.3, 0.4) is 0 Å². The van der Waals surface area contributed by atoms with Crippen molar-refractivity contribution in [3.63, 3.8) is 0 Å². The largest absolute Gasteiger partial charge is 0.469 e. The van der Waals surface area contributed by atoms with Gasteiger partial charge in [0, 0.05) is 6.92 Å². The molecule has 0 N–H and O–H groups in total. The molecule has 14 heavy (non-hydrogen) atoms. The van der Waals surface area contributed by atoms with Crippen LogP contribution in [0.4, 0.5) is 0 Å². The summed E-state index contributed by atoms with van der Waals surface area (Å²) >= 11 is 0. The van der Waals surface area contributed by atoms with E-state index in [1.807, 2.05) is 12.2 Å². The molecule has 4 nitrogen and oxygen atoms in total. The fourth-order valence-corrected chi connectivity index (χ4v) is 1.49. The van der Waals surface area contributed by atoms with Gasteiger partial charge in [-0.2, -0.15) is 0 Å². The first-order valence-electron chi connectivity index (χ1n) is 4.54. The van der Waals surface area contributed by atoms with Gasteiger partial charge >= 0.3 is 11.9 Å². The Labute approximate surface area is 82.9 Å². The van der Waals surface area contributed by atoms with E-state index in [4.69, 9.17) is 4.74 Å². The zero-order chi connectivity index (χ0) is 10.6. The lowest BCUT2D eigenvalue weighted by Gasteiger charge is -2.10. The molecule has 0 spiro atoms. The first kappa shape index (κ1) is 10.8. The molecular weight excluding hydrogens is 184 g/mol. The Bertz CT molecular complexity index is 257. The van der Waals surface area contributed by atoms with Crippen LogP contribution >= 0.6 is 0 Å². The number of hydrogen-bond acceptors (Lipinski definition) is 4. The summed E-state index contributed by atoms with van der Waals surface area (Å²) in [4.78, 5) is 21.6. The minimum absolute atomic E-state index is 0.131. The van der Waals surface area contributed by atoms with E-state index in [0.29, 0.717) is 12.8 Å². The molecule has 0 aromatic heterocycles. The lowest BCUT2D eigenvalue weighted by atomic mass is 10.1. The molecule has 1 rings (SSSR count). The number of ether oxygens (including phenoxy) is 2. The van der Waals surface area contributed by atoms with E-state index in [0.717, 1.165) is 0 Å². The molecule has 0 aromatic carbocycles. The number of rotatable bonds is 3. The van der Waals surface area contributed by atoms with Crippen molar-refractivity contribution in [2.24, 2.45) is 5.92 Å². The Morgan fingerprint density at radius 2 is 2.14 bits per heavy atom. The van der Waals surface area contributed by atoms with Crippen LogP contribution in [0.1, 0.15) is 19.8 Å². The topological polar surface area (TPSA) is 52.6 Å². The maximum Gasteiger partial charge on any atom is 0.306 e. The monoisotopic (exact) mass is 198 g/mol. The van der Waals surface area contributed by atoms with Crippen LogP contribution in [0, 0.1) is 5.92 Å². The minimum Gasteiger partial charge on any atom is -0.469 e. The van der Waals surface area contributed by atoms with E-state index in [1.165, 1.54) is 14.0 Å². The van der Waals surface area contributed by atoms with Gasteiger partial charge in [-0.25, -0.2) is 0 Å². The summed E-state index contributed by atoms with van der Waals surface area (Å²) in [6.45, 7) is 1.38. The van der Waals surface area contributed by atoms with E-state index in [9.17, 15) is 9.59 Å². The Morgan fingerprint density at radius 3 is 2.71 bits per heavy atom. The quantitative estimate of drug-likeness (QED) is 0.502. The zero-order valence-electron chi connectivity index (χ0n) is 8.36. The van der Waals surface area contributed by atoms with Crippen molar-refractivity contribution in [3.05, 3.63) is 12.2 Å². The highest BCUT2D eigenvalue weighted by Gasteiger charge is 2.23. The van der Waals surface area contributed by atoms with Gasteiger partial charge in [0.25, 0.3) is 0 Å². The van der Waals surface area contributed by atoms with E-state index in [1.54, 1.807) is 0 Å². The van der Waals surface area contributed by atoms with Gasteiger partial charge in [-0.05, 0) is 18.4 Å². The molecule has 0 saturated carbocycles. The SMILES string of the molecule is COC(=O)CC1C=CC(OC(C)=O)C1. The summed E-state index contributed by atoms with van der Waals surface area (Å²) in [5, 5.41) is 0. The van der Waals surface area contributed by atoms with Crippen LogP contribution in [0.5, 0.6) is 0 Å². The molecular formula is C10H14O4. The maximum atomic E-state index is 10.9. The summed E-state index contributed by atoms with van der Waals surface area (Å²) in [5.74, 6) is -0.395. The highest BCUT2D eigenvalue weighted by molar-refractivity contribution is 5.70. The van der Waals surface area contributed by atoms with Crippen LogP contribution < -0.4 is 0 Å². The smallest absolute Gasteiger partial charge is 0.306 e. The maximum absolute atomic E-state index is 10.9. The average molecular weight is 198 g/mol. The molecule has 0 amide bonds. The molecule has 4 heteroatoms. The molecule has 1 aliphatic carbocycles. The molecule has 0 heterocycles. The zero-order valence-corrected chi connectivity index (χ0v) is 8.36. The van der Waals surface area contributed by atoms with Gasteiger partial charge in [-0.15, -0.1) is 0 Å². The summed E-state index contributed by atoms with van der Waals surface area (Å²) in [6, 6.07) is 0. The lowest BCUT2D eigenvalue weighted by Crippen LogP contribution is -2.14. The van der Waals surface area contributed by atoms with Crippen molar-refractivity contribution in [2.75, 3.05) is 7.11 Å². The van der Waals surface area contributed by atoms with Crippen LogP contribution in [-0.2, 0) is 19.1 Å². The lowest BCUT2D eigenvalue weighted by molar-refractivity contribution is -0.144. The van der Waals surface area contributed by atoms with E-state index in [2.05, 4.69) is 4.74 Å². The van der Waals surface area contributed by atoms with Crippen molar-refractivity contribution in [3.8, 4) is 0 Å². The molecule has 0 aliphatic heterocycles. The van der Waals surface area contributed by atoms with Gasteiger partial charge in [-0.1, -0.05) is 6.08 Å². The normalized spacial score (nSPS) is 24.7. The second kappa shape index (κ2) is 4.79. The highest BCUT2D eigenvalue weighted by atomic mass is 16.5. The number of methoxy groups -OCH3 is 1. The van der Waals surface area contributed by atoms with Gasteiger partial charge in [0.1, 0.15) is 6.10 Å². The van der Waals surface area contributed by atoms with Crippen LogP contribution in [0.25, 0.3) is 0 Å². The Balaban J connectivity index is 2.32. The standard InChI is InChI=1S/C10H14O4/c1-7(11)14-9-4-3-8(5-9)6-10(12)13-2/h3-4,8-9H,5-6H2,1-2H3. The number of carbonyl (C=O) groups is 2. The van der Waals surface area contributed by atoms with Crippen LogP contribution in [0.15, 0.2) is 12.2 Å². The second-order valence-corrected chi connectivity index (χ2v) is 3.31. The third-order valence-electron chi connectivity index (χ3n) is 2.11. The third-order valence-corrected chi connectivity index (χ3v) is 2.11. The molecule has 0 saturated heterocycles. The van der Waals surface area contributed by atoms with Crippen LogP contribution in [-0.4, -0.2) is 25.2 Å². The highest BCUT2D eigenvalue weighted by Crippen LogP contribution is 2.23. The van der Waals surface area contributed by atoms with Gasteiger partial charge in [0.2, 0.25) is 0 Å². The van der Waals surface area contributed by atoms with Crippen molar-refractivity contribution >= 4 is 11.9 Å². The predicted octanol–water partition coefficient (Wildman–Crippen LogP) is 1.06. The van der Waals surface area contributed by atoms with Crippen molar-refractivity contribution in [2.45, 2.75) is 25.9 Å². The first-order valence-corrected chi connectivity index (χ1v) is 4.54. The summed E-state index contributed by atoms with van der Waals surface area (Å²) < 4.78 is 9.53. The van der Waals surface area contributed by atoms with Crippen molar-refractivity contribution < 1.29 is 19.1 Å². The summed E-state index contributed by atoms with van der Waals surface area (Å²) in [5.41, 5.74) is 0. The molecule has 0 fully saturated rings. The molecule has 78 valence electrons. The number of allylic oxidation sites excluding steroid dienone is 1. The Kier molecular flexibility index (Phi) is 3.68. The molecule has 0 bridgehead atoms. The van der Waals surface area contributed by atoms with Gasteiger partial charge in [0.15, 0.2) is 0 Å². The fraction of sp³-hybridized carbons (Fsp3) is 0.600. The molecule has 0 aromatic rings. The number of carbonyl (C=O) groups excluding carboxylic acids is 2. The minimum atomic E-state index is -0.293. The molecule has 2 unspecified atom stereocenters. The molecule has 0 radical (unpaired) electrons.